The lowest BCUT2D eigenvalue weighted by atomic mass is 10.0. The number of nitrogens with one attached hydrogen (secondary N) is 1. The molecule has 3 N–H and O–H groups in total. The van der Waals surface area contributed by atoms with Gasteiger partial charge in [-0.15, -0.1) is 11.3 Å². The first kappa shape index (κ1) is 25.0. The number of rotatable bonds is 8. The van der Waals surface area contributed by atoms with Gasteiger partial charge in [0, 0.05) is 24.0 Å². The zero-order valence-electron chi connectivity index (χ0n) is 19.8. The van der Waals surface area contributed by atoms with Gasteiger partial charge in [0.2, 0.25) is 0 Å². The maximum absolute atomic E-state index is 13.4. The standard InChI is InChI=1S/C27H25FN4O3S/c1-16-22(23(30-2)11-12-29)14-24(36-16)25(33)31-19(13-17-7-9-18(28)10-8-17)15-32-26(34)20-5-3-4-6-21(20)27(32)35/h3-12,14,19H,13,15,29H2,1-2H3,(H,31,33)/t19-/m0/s1. The van der Waals surface area contributed by atoms with E-state index in [2.05, 4.69) is 10.3 Å². The SMILES string of the molecule is CN=C(C=CN)c1cc(C(=O)N[C@@H](Cc2ccc(F)cc2)CN2C(=O)c3ccccc3C2=O)sc1C. The van der Waals surface area contributed by atoms with Crippen molar-refractivity contribution in [2.75, 3.05) is 13.6 Å². The predicted molar refractivity (Wildman–Crippen MR) is 138 cm³/mol. The summed E-state index contributed by atoms with van der Waals surface area (Å²) in [6.07, 6.45) is 3.35. The number of nitrogens with zero attached hydrogens (tertiary/aromatic N) is 2. The van der Waals surface area contributed by atoms with Crippen LogP contribution in [-0.2, 0) is 6.42 Å². The van der Waals surface area contributed by atoms with Crippen LogP contribution in [0, 0.1) is 12.7 Å². The molecule has 1 aliphatic heterocycles. The second kappa shape index (κ2) is 10.7. The summed E-state index contributed by atoms with van der Waals surface area (Å²) >= 11 is 1.31. The third-order valence-corrected chi connectivity index (χ3v) is 6.97. The molecule has 2 aromatic carbocycles. The van der Waals surface area contributed by atoms with Crippen LogP contribution in [0.2, 0.25) is 0 Å². The number of amides is 3. The average Bonchev–Trinajstić information content (AvgIpc) is 3.37. The van der Waals surface area contributed by atoms with Crippen LogP contribution in [0.1, 0.15) is 46.4 Å². The summed E-state index contributed by atoms with van der Waals surface area (Å²) in [6.45, 7) is 1.87. The van der Waals surface area contributed by atoms with Crippen molar-refractivity contribution in [2.45, 2.75) is 19.4 Å². The molecule has 0 aliphatic carbocycles. The van der Waals surface area contributed by atoms with Gasteiger partial charge in [-0.05, 0) is 61.5 Å². The van der Waals surface area contributed by atoms with Gasteiger partial charge >= 0.3 is 0 Å². The first-order valence-electron chi connectivity index (χ1n) is 11.3. The first-order chi connectivity index (χ1) is 17.3. The number of imide groups is 1. The number of benzene rings is 2. The van der Waals surface area contributed by atoms with E-state index in [0.29, 0.717) is 28.1 Å². The van der Waals surface area contributed by atoms with Gasteiger partial charge in [-0.3, -0.25) is 24.3 Å². The molecular weight excluding hydrogens is 479 g/mol. The van der Waals surface area contributed by atoms with Crippen LogP contribution in [0.15, 0.2) is 71.9 Å². The fourth-order valence-electron chi connectivity index (χ4n) is 4.17. The Bertz CT molecular complexity index is 1340. The number of hydrogen-bond donors (Lipinski definition) is 2. The number of carbonyl (C=O) groups excluding carboxylic acids is 3. The van der Waals surface area contributed by atoms with Crippen LogP contribution in [0.25, 0.3) is 0 Å². The summed E-state index contributed by atoms with van der Waals surface area (Å²) in [5, 5.41) is 2.97. The summed E-state index contributed by atoms with van der Waals surface area (Å²) in [5.41, 5.74) is 8.41. The van der Waals surface area contributed by atoms with Gasteiger partial charge in [-0.2, -0.15) is 0 Å². The van der Waals surface area contributed by atoms with Crippen molar-refractivity contribution in [3.63, 3.8) is 0 Å². The molecular formula is C27H25FN4O3S. The van der Waals surface area contributed by atoms with Crippen molar-refractivity contribution >= 4 is 34.8 Å². The Hall–Kier alpha value is -4.11. The van der Waals surface area contributed by atoms with Crippen LogP contribution in [-0.4, -0.2) is 48.0 Å². The Morgan fingerprint density at radius 1 is 1.14 bits per heavy atom. The molecule has 1 aliphatic rings. The summed E-state index contributed by atoms with van der Waals surface area (Å²) in [5.74, 6) is -1.52. The monoisotopic (exact) mass is 504 g/mol. The molecule has 0 bridgehead atoms. The van der Waals surface area contributed by atoms with Gasteiger partial charge in [-0.1, -0.05) is 24.3 Å². The molecule has 0 unspecified atom stereocenters. The van der Waals surface area contributed by atoms with Crippen LogP contribution in [0.3, 0.4) is 0 Å². The Balaban J connectivity index is 1.59. The van der Waals surface area contributed by atoms with E-state index < -0.39 is 17.9 Å². The molecule has 1 aromatic heterocycles. The molecule has 1 atom stereocenters. The fourth-order valence-corrected chi connectivity index (χ4v) is 5.10. The largest absolute Gasteiger partial charge is 0.405 e. The normalized spacial score (nSPS) is 14.4. The van der Waals surface area contributed by atoms with Crippen LogP contribution < -0.4 is 11.1 Å². The topological polar surface area (TPSA) is 105 Å². The van der Waals surface area contributed by atoms with Crippen molar-refractivity contribution in [2.24, 2.45) is 10.7 Å². The summed E-state index contributed by atoms with van der Waals surface area (Å²) in [7, 11) is 1.65. The predicted octanol–water partition coefficient (Wildman–Crippen LogP) is 3.72. The average molecular weight is 505 g/mol. The highest BCUT2D eigenvalue weighted by atomic mass is 32.1. The number of thiophene rings is 1. The van der Waals surface area contributed by atoms with Gasteiger partial charge < -0.3 is 11.1 Å². The third kappa shape index (κ3) is 5.11. The van der Waals surface area contributed by atoms with Crippen molar-refractivity contribution in [3.8, 4) is 0 Å². The Morgan fingerprint density at radius 2 is 1.78 bits per heavy atom. The molecule has 36 heavy (non-hydrogen) atoms. The van der Waals surface area contributed by atoms with Crippen molar-refractivity contribution in [3.05, 3.63) is 105 Å². The van der Waals surface area contributed by atoms with Crippen LogP contribution in [0.4, 0.5) is 4.39 Å². The van der Waals surface area contributed by atoms with Gasteiger partial charge in [-0.25, -0.2) is 4.39 Å². The molecule has 184 valence electrons. The molecule has 7 nitrogen and oxygen atoms in total. The van der Waals surface area contributed by atoms with E-state index in [1.165, 1.54) is 29.7 Å². The maximum Gasteiger partial charge on any atom is 0.261 e. The van der Waals surface area contributed by atoms with Crippen molar-refractivity contribution < 1.29 is 18.8 Å². The van der Waals surface area contributed by atoms with E-state index in [9.17, 15) is 18.8 Å². The zero-order chi connectivity index (χ0) is 25.8. The van der Waals surface area contributed by atoms with Crippen molar-refractivity contribution in [1.29, 1.82) is 0 Å². The Labute approximate surface area is 212 Å². The highest BCUT2D eigenvalue weighted by molar-refractivity contribution is 7.14. The molecule has 3 amide bonds. The minimum Gasteiger partial charge on any atom is -0.405 e. The van der Waals surface area contributed by atoms with Crippen LogP contribution >= 0.6 is 11.3 Å². The molecule has 4 rings (SSSR count). The Morgan fingerprint density at radius 3 is 2.36 bits per heavy atom. The van der Waals surface area contributed by atoms with Gasteiger partial charge in [0.05, 0.1) is 27.8 Å². The second-order valence-electron chi connectivity index (χ2n) is 8.32. The molecule has 3 aromatic rings. The summed E-state index contributed by atoms with van der Waals surface area (Å²) < 4.78 is 13.4. The van der Waals surface area contributed by atoms with E-state index in [1.54, 1.807) is 55.6 Å². The second-order valence-corrected chi connectivity index (χ2v) is 9.57. The van der Waals surface area contributed by atoms with Crippen molar-refractivity contribution in [1.82, 2.24) is 10.2 Å². The smallest absolute Gasteiger partial charge is 0.261 e. The minimum absolute atomic E-state index is 0.0236. The number of hydrogen-bond acceptors (Lipinski definition) is 6. The minimum atomic E-state index is -0.598. The van der Waals surface area contributed by atoms with Gasteiger partial charge in [0.15, 0.2) is 0 Å². The van der Waals surface area contributed by atoms with Gasteiger partial charge in [0.1, 0.15) is 5.82 Å². The molecule has 2 heterocycles. The number of allylic oxidation sites excluding steroid dienone is 1. The number of aliphatic imine (C=N–C) groups is 1. The third-order valence-electron chi connectivity index (χ3n) is 5.92. The number of nitrogens with two attached hydrogens (primary N) is 1. The zero-order valence-corrected chi connectivity index (χ0v) is 20.6. The Kier molecular flexibility index (Phi) is 7.40. The van der Waals surface area contributed by atoms with E-state index in [0.717, 1.165) is 20.9 Å². The number of aryl methyl sites for hydroxylation is 1. The number of fused-ring (bicyclic) bond motifs is 1. The fraction of sp³-hybridized carbons (Fsp3) is 0.185. The molecule has 0 fully saturated rings. The lowest BCUT2D eigenvalue weighted by Crippen LogP contribution is -2.46. The summed E-state index contributed by atoms with van der Waals surface area (Å²) in [6, 6.07) is 13.7. The molecule has 0 saturated heterocycles. The number of halogens is 1. The molecule has 0 saturated carbocycles. The van der Waals surface area contributed by atoms with Gasteiger partial charge in [0.25, 0.3) is 17.7 Å². The van der Waals surface area contributed by atoms with E-state index in [1.807, 2.05) is 6.92 Å². The molecule has 9 heteroatoms. The summed E-state index contributed by atoms with van der Waals surface area (Å²) in [4.78, 5) is 45.8. The first-order valence-corrected chi connectivity index (χ1v) is 12.1. The van der Waals surface area contributed by atoms with Crippen LogP contribution in [0.5, 0.6) is 0 Å². The molecule has 0 spiro atoms. The lowest BCUT2D eigenvalue weighted by molar-refractivity contribution is 0.0629. The highest BCUT2D eigenvalue weighted by Gasteiger charge is 2.36. The maximum atomic E-state index is 13.4. The van der Waals surface area contributed by atoms with E-state index >= 15 is 0 Å². The number of carbonyl (C=O) groups is 3. The van der Waals surface area contributed by atoms with E-state index in [-0.39, 0.29) is 18.3 Å². The van der Waals surface area contributed by atoms with E-state index in [4.69, 9.17) is 5.73 Å². The molecule has 0 radical (unpaired) electrons. The quantitative estimate of drug-likeness (QED) is 0.360. The highest BCUT2D eigenvalue weighted by Crippen LogP contribution is 2.25. The lowest BCUT2D eigenvalue weighted by Gasteiger charge is -2.24.